The van der Waals surface area contributed by atoms with E-state index < -0.39 is 20.1 Å². The van der Waals surface area contributed by atoms with E-state index in [0.29, 0.717) is 39.3 Å². The topological polar surface area (TPSA) is 98.8 Å². The molecule has 0 aliphatic rings. The van der Waals surface area contributed by atoms with E-state index in [-0.39, 0.29) is 16.3 Å². The Morgan fingerprint density at radius 1 is 1.10 bits per heavy atom. The molecule has 0 unspecified atom stereocenters. The zero-order chi connectivity index (χ0) is 28.8. The van der Waals surface area contributed by atoms with Crippen LogP contribution in [0.3, 0.4) is 0 Å². The van der Waals surface area contributed by atoms with Gasteiger partial charge >= 0.3 is 0 Å². The Hall–Kier alpha value is -3.67. The molecule has 1 aromatic heterocycles. The molecule has 2 N–H and O–H groups in total. The third-order valence-electron chi connectivity index (χ3n) is 6.55. The van der Waals surface area contributed by atoms with Gasteiger partial charge in [-0.1, -0.05) is 37.4 Å². The lowest BCUT2D eigenvalue weighted by atomic mass is 10.1. The fraction of sp³-hybridized carbons (Fsp3) is 0.286. The predicted octanol–water partition coefficient (Wildman–Crippen LogP) is 7.44. The van der Waals surface area contributed by atoms with Crippen molar-refractivity contribution < 1.29 is 14.0 Å². The summed E-state index contributed by atoms with van der Waals surface area (Å²) in [5, 5.41) is 16.4. The number of nitrogens with zero attached hydrogens (tertiary/aromatic N) is 3. The van der Waals surface area contributed by atoms with Gasteiger partial charge in [-0.2, -0.15) is 16.8 Å². The maximum Gasteiger partial charge on any atom is 0.265 e. The lowest BCUT2D eigenvalue weighted by molar-refractivity contribution is 0.102. The lowest BCUT2D eigenvalue weighted by Gasteiger charge is -2.36. The highest BCUT2D eigenvalue weighted by Gasteiger charge is 2.37. The van der Waals surface area contributed by atoms with Crippen molar-refractivity contribution >= 4 is 60.1 Å². The molecule has 0 atom stereocenters. The van der Waals surface area contributed by atoms with Gasteiger partial charge in [-0.15, -0.1) is 11.3 Å². The predicted molar refractivity (Wildman–Crippen MR) is 160 cm³/mol. The van der Waals surface area contributed by atoms with E-state index in [2.05, 4.69) is 49.5 Å². The zero-order valence-electron chi connectivity index (χ0n) is 22.5. The smallest absolute Gasteiger partial charge is 0.265 e. The average Bonchev–Trinajstić information content (AvgIpc) is 3.33. The number of benzene rings is 2. The summed E-state index contributed by atoms with van der Waals surface area (Å²) in [5.74, 6) is -0.895. The Balaban J connectivity index is 1.70. The van der Waals surface area contributed by atoms with Crippen LogP contribution in [0.2, 0.25) is 22.5 Å². The molecule has 2 aromatic carbocycles. The number of halogens is 1. The van der Waals surface area contributed by atoms with Gasteiger partial charge in [0.15, 0.2) is 8.32 Å². The van der Waals surface area contributed by atoms with Gasteiger partial charge in [-0.05, 0) is 72.7 Å². The standard InChI is InChI=1S/C28H30ClN5O3SSi/c1-28(2,3)39(5,6)37-16-15-34(31-4)21-10-8-20(9-11-21)32-26(35)22-12-7-19(18-30)17-23(22)33-27(36)24-13-14-25(29)38-24/h7-14,17H,15-16H2,1-3,5-6H3,(H,32,35)(H,33,36). The summed E-state index contributed by atoms with van der Waals surface area (Å²) in [5.41, 5.74) is 1.89. The third-order valence-corrected chi connectivity index (χ3v) is 12.3. The van der Waals surface area contributed by atoms with Crippen LogP contribution >= 0.6 is 22.9 Å². The third kappa shape index (κ3) is 7.68. The Bertz CT molecular complexity index is 1440. The van der Waals surface area contributed by atoms with E-state index in [1.807, 2.05) is 6.07 Å². The summed E-state index contributed by atoms with van der Waals surface area (Å²) in [7, 11) is -1.91. The molecule has 202 valence electrons. The molecule has 3 aromatic rings. The van der Waals surface area contributed by atoms with Crippen molar-refractivity contribution in [3.63, 3.8) is 0 Å². The number of amides is 2. The summed E-state index contributed by atoms with van der Waals surface area (Å²) < 4.78 is 6.66. The van der Waals surface area contributed by atoms with Gasteiger partial charge in [0, 0.05) is 5.69 Å². The van der Waals surface area contributed by atoms with Crippen molar-refractivity contribution in [2.45, 2.75) is 38.9 Å². The van der Waals surface area contributed by atoms with Crippen LogP contribution in [0.1, 0.15) is 46.4 Å². The zero-order valence-corrected chi connectivity index (χ0v) is 25.0. The molecule has 0 spiro atoms. The lowest BCUT2D eigenvalue weighted by Crippen LogP contribution is -2.42. The highest BCUT2D eigenvalue weighted by Crippen LogP contribution is 2.36. The van der Waals surface area contributed by atoms with E-state index in [4.69, 9.17) is 22.6 Å². The van der Waals surface area contributed by atoms with Crippen LogP contribution in [-0.4, -0.2) is 33.3 Å². The van der Waals surface area contributed by atoms with Crippen LogP contribution in [-0.2, 0) is 4.43 Å². The maximum atomic E-state index is 13.1. The SMILES string of the molecule is [C-]#[N+]N(CCO[Si](C)(C)C(C)(C)C)c1ccc(NC(=O)c2ccc(C#N)cc2NC(=O)c2ccc(Cl)s2)cc1. The molecule has 3 rings (SSSR count). The van der Waals surface area contributed by atoms with Gasteiger partial charge in [0.1, 0.15) is 12.2 Å². The molecule has 0 fully saturated rings. The monoisotopic (exact) mass is 579 g/mol. The number of nitrogens with one attached hydrogen (secondary N) is 2. The first-order chi connectivity index (χ1) is 18.3. The number of anilines is 3. The van der Waals surface area contributed by atoms with Crippen LogP contribution in [0.15, 0.2) is 54.6 Å². The molecule has 0 saturated heterocycles. The van der Waals surface area contributed by atoms with Gasteiger partial charge in [0.25, 0.3) is 11.8 Å². The summed E-state index contributed by atoms with van der Waals surface area (Å²) in [4.78, 5) is 29.8. The molecule has 2 amide bonds. The number of rotatable bonds is 9. The molecule has 11 heteroatoms. The van der Waals surface area contributed by atoms with E-state index in [1.165, 1.54) is 23.2 Å². The Labute approximate surface area is 239 Å². The van der Waals surface area contributed by atoms with E-state index in [9.17, 15) is 14.9 Å². The van der Waals surface area contributed by atoms with Crippen molar-refractivity contribution in [2.24, 2.45) is 0 Å². The molecule has 1 heterocycles. The molecule has 0 radical (unpaired) electrons. The second kappa shape index (κ2) is 12.5. The van der Waals surface area contributed by atoms with Gasteiger partial charge in [0.2, 0.25) is 0 Å². The number of nitriles is 1. The Morgan fingerprint density at radius 3 is 2.36 bits per heavy atom. The molecule has 8 nitrogen and oxygen atoms in total. The molecule has 0 bridgehead atoms. The number of carbonyl (C=O) groups excluding carboxylic acids is 2. The van der Waals surface area contributed by atoms with E-state index in [1.54, 1.807) is 36.4 Å². The highest BCUT2D eigenvalue weighted by molar-refractivity contribution is 7.18. The first-order valence-electron chi connectivity index (χ1n) is 12.2. The molecule has 0 saturated carbocycles. The Kier molecular flexibility index (Phi) is 9.54. The highest BCUT2D eigenvalue weighted by atomic mass is 35.5. The van der Waals surface area contributed by atoms with Crippen molar-refractivity contribution in [2.75, 3.05) is 28.8 Å². The summed E-state index contributed by atoms with van der Waals surface area (Å²) >= 11 is 7.04. The van der Waals surface area contributed by atoms with Crippen LogP contribution in [0.25, 0.3) is 4.95 Å². The van der Waals surface area contributed by atoms with Gasteiger partial charge < -0.3 is 15.1 Å². The first kappa shape index (κ1) is 29.9. The van der Waals surface area contributed by atoms with Gasteiger partial charge in [0.05, 0.1) is 38.7 Å². The van der Waals surface area contributed by atoms with Crippen LogP contribution in [0, 0.1) is 17.9 Å². The van der Waals surface area contributed by atoms with Gasteiger partial charge in [-0.3, -0.25) is 9.59 Å². The van der Waals surface area contributed by atoms with Crippen molar-refractivity contribution in [1.82, 2.24) is 0 Å². The second-order valence-electron chi connectivity index (χ2n) is 10.3. The molecular formula is C28H30ClN5O3SSi. The van der Waals surface area contributed by atoms with Crippen LogP contribution < -0.4 is 15.6 Å². The minimum atomic E-state index is -1.91. The normalized spacial score (nSPS) is 11.3. The molecule has 0 aliphatic heterocycles. The first-order valence-corrected chi connectivity index (χ1v) is 16.3. The average molecular weight is 580 g/mol. The maximum absolute atomic E-state index is 13.1. The number of thiophene rings is 1. The second-order valence-corrected chi connectivity index (χ2v) is 16.8. The molecular weight excluding hydrogens is 550 g/mol. The van der Waals surface area contributed by atoms with Crippen LogP contribution in [0.5, 0.6) is 0 Å². The molecule has 0 aliphatic carbocycles. The quantitative estimate of drug-likeness (QED) is 0.156. The number of hydrogen-bond acceptors (Lipinski definition) is 6. The van der Waals surface area contributed by atoms with E-state index in [0.717, 1.165) is 11.3 Å². The fourth-order valence-electron chi connectivity index (χ4n) is 3.29. The summed E-state index contributed by atoms with van der Waals surface area (Å²) in [6.45, 7) is 19.3. The number of hydrogen-bond donors (Lipinski definition) is 2. The Morgan fingerprint density at radius 2 is 1.79 bits per heavy atom. The van der Waals surface area contributed by atoms with Crippen molar-refractivity contribution in [3.05, 3.63) is 86.5 Å². The van der Waals surface area contributed by atoms with Crippen molar-refractivity contribution in [3.8, 4) is 6.07 Å². The minimum Gasteiger partial charge on any atom is -0.415 e. The largest absolute Gasteiger partial charge is 0.415 e. The number of carbonyl (C=O) groups is 2. The van der Waals surface area contributed by atoms with Gasteiger partial charge in [-0.25, -0.2) is 0 Å². The summed E-state index contributed by atoms with van der Waals surface area (Å²) in [6, 6.07) is 16.6. The minimum absolute atomic E-state index is 0.0884. The fourth-order valence-corrected chi connectivity index (χ4v) is 5.26. The van der Waals surface area contributed by atoms with Crippen molar-refractivity contribution in [1.29, 1.82) is 5.26 Å². The van der Waals surface area contributed by atoms with E-state index >= 15 is 0 Å². The summed E-state index contributed by atoms with van der Waals surface area (Å²) in [6.07, 6.45) is 0. The van der Waals surface area contributed by atoms with Crippen LogP contribution in [0.4, 0.5) is 17.1 Å². The molecule has 39 heavy (non-hydrogen) atoms.